The Labute approximate surface area is 535 Å². The summed E-state index contributed by atoms with van der Waals surface area (Å²) in [6.07, 6.45) is -0.253. The number of aryl methyl sites for hydroxylation is 1. The van der Waals surface area contributed by atoms with Crippen LogP contribution in [0.1, 0.15) is 140 Å². The van der Waals surface area contributed by atoms with Crippen molar-refractivity contribution >= 4 is 87.8 Å². The summed E-state index contributed by atoms with van der Waals surface area (Å²) in [6.45, 7) is 18.4. The standard InChI is InChI=1S/C64H90N12O16/c1-29(2)44-61(86)75-25-19-17-21-38(75)59(84)71(13)27-40(77)73(15)50(31(5)6)63(88)90-35(11)46(57(82)67-44)69-55(80)37-24-23-33(9)53-48(37)66-49-42(43(65)52(79)34(10)54(49)92-53)56(81)70-47-36(12)91-64(89)51(32(7)8)74(16)41(78)28-72(14)60(85)39-22-18-20-26-76(39)62(87)45(30(3)4)68-58(47)83/h23-24,29-32,35-36,38-39,44-47,50-51H,17-22,25-28,65H2,1-16H3,(H,67,82)(H,68,83)(H,69,80)(H,70,81)/t35?,36?,38-,39-,44?,45+,46?,47?,50-,51?/m0/s1. The average Bonchev–Trinajstić information content (AvgIpc) is 0.741. The number of carbonyl (C=O) groups is 12. The first-order chi connectivity index (χ1) is 43.1. The SMILES string of the molecule is Cc1c2oc3c(C)ccc(C(=O)NC4C(=O)NC(C(C)C)C(=O)N5CCCC[C@H]5C(=O)N(C)CC(=O)N(C)[C@@H](C(C)C)C(=O)OC4C)c3nc-2c(C(=O)NC2C(=O)N[C@H](C(C)C)C(=O)N3CCCC[C@H]3C(=O)N(C)CC(=O)N(C)C(C(C)C)C(=O)OC2C)c(N)c1=O. The Balaban J connectivity index is 1.33. The summed E-state index contributed by atoms with van der Waals surface area (Å²) in [7, 11) is 5.62. The highest BCUT2D eigenvalue weighted by atomic mass is 16.6. The molecule has 4 fully saturated rings. The Hall–Kier alpha value is -8.72. The molecule has 28 nitrogen and oxygen atoms in total. The van der Waals surface area contributed by atoms with Gasteiger partial charge in [-0.05, 0) is 102 Å². The van der Waals surface area contributed by atoms with E-state index in [4.69, 9.17) is 24.6 Å². The molecule has 4 saturated heterocycles. The molecule has 6 N–H and O–H groups in total. The van der Waals surface area contributed by atoms with Crippen LogP contribution in [0.3, 0.4) is 0 Å². The lowest BCUT2D eigenvalue weighted by Crippen LogP contribution is -2.63. The van der Waals surface area contributed by atoms with Gasteiger partial charge in [0.2, 0.25) is 52.7 Å². The number of aromatic nitrogens is 1. The zero-order valence-electron chi connectivity index (χ0n) is 55.5. The van der Waals surface area contributed by atoms with Crippen molar-refractivity contribution in [3.8, 4) is 11.5 Å². The molecule has 0 bridgehead atoms. The van der Waals surface area contributed by atoms with Gasteiger partial charge in [-0.2, -0.15) is 0 Å². The average molecular weight is 1280 g/mol. The molecule has 1 aliphatic carbocycles. The zero-order valence-corrected chi connectivity index (χ0v) is 55.5. The summed E-state index contributed by atoms with van der Waals surface area (Å²) in [4.78, 5) is 201. The van der Waals surface area contributed by atoms with Gasteiger partial charge in [-0.3, -0.25) is 52.7 Å². The number of ether oxygens (including phenoxy) is 2. The van der Waals surface area contributed by atoms with E-state index in [1.54, 1.807) is 62.3 Å². The van der Waals surface area contributed by atoms with Crippen molar-refractivity contribution < 1.29 is 71.4 Å². The number of amides is 10. The number of likely N-dealkylation sites (N-methyl/N-ethyl adjacent to an activating group) is 4. The third kappa shape index (κ3) is 14.5. The number of carbonyl (C=O) groups excluding carboxylic acids is 12. The highest BCUT2D eigenvalue weighted by Gasteiger charge is 2.46. The molecule has 7 rings (SSSR count). The van der Waals surface area contributed by atoms with Crippen LogP contribution in [0.15, 0.2) is 21.3 Å². The quantitative estimate of drug-likeness (QED) is 0.121. The predicted octanol–water partition coefficient (Wildman–Crippen LogP) is 1.51. The number of cyclic esters (lactones) is 2. The maximum atomic E-state index is 15.2. The molecule has 10 atom stereocenters. The van der Waals surface area contributed by atoms with E-state index in [0.717, 1.165) is 9.80 Å². The number of nitrogen functional groups attached to an aromatic ring is 1. The molecule has 92 heavy (non-hydrogen) atoms. The van der Waals surface area contributed by atoms with Gasteiger partial charge in [0, 0.05) is 46.8 Å². The van der Waals surface area contributed by atoms with E-state index in [1.165, 1.54) is 80.7 Å². The van der Waals surface area contributed by atoms with Crippen molar-refractivity contribution in [3.63, 3.8) is 0 Å². The molecule has 5 heterocycles. The van der Waals surface area contributed by atoms with E-state index in [9.17, 15) is 52.7 Å². The van der Waals surface area contributed by atoms with Crippen molar-refractivity contribution in [1.82, 2.24) is 55.7 Å². The number of nitrogens with zero attached hydrogens (tertiary/aromatic N) is 7. The molecule has 5 aliphatic heterocycles. The van der Waals surface area contributed by atoms with Crippen LogP contribution in [0.5, 0.6) is 0 Å². The molecule has 0 saturated carbocycles. The van der Waals surface area contributed by atoms with Crippen LogP contribution in [0.25, 0.3) is 22.6 Å². The van der Waals surface area contributed by atoms with Gasteiger partial charge in [0.05, 0.1) is 29.9 Å². The van der Waals surface area contributed by atoms with Crippen LogP contribution in [-0.4, -0.2) is 220 Å². The summed E-state index contributed by atoms with van der Waals surface area (Å²) >= 11 is 0. The Morgan fingerprint density at radius 1 is 0.598 bits per heavy atom. The summed E-state index contributed by atoms with van der Waals surface area (Å²) < 4.78 is 18.4. The minimum absolute atomic E-state index is 0.0748. The van der Waals surface area contributed by atoms with Crippen LogP contribution in [0.4, 0.5) is 5.69 Å². The molecule has 0 aromatic heterocycles. The molecule has 1 aromatic rings. The number of piperidine rings is 2. The van der Waals surface area contributed by atoms with Gasteiger partial charge >= 0.3 is 11.9 Å². The monoisotopic (exact) mass is 1280 g/mol. The second kappa shape index (κ2) is 28.8. The lowest BCUT2D eigenvalue weighted by molar-refractivity contribution is -0.163. The summed E-state index contributed by atoms with van der Waals surface area (Å²) in [6, 6.07) is -7.93. The molecule has 0 spiro atoms. The first-order valence-corrected chi connectivity index (χ1v) is 31.5. The van der Waals surface area contributed by atoms with Gasteiger partial charge in [0.25, 0.3) is 11.8 Å². The first-order valence-electron chi connectivity index (χ1n) is 31.5. The van der Waals surface area contributed by atoms with E-state index in [1.807, 2.05) is 0 Å². The number of hydrogen-bond acceptors (Lipinski definition) is 18. The maximum Gasteiger partial charge on any atom is 0.329 e. The van der Waals surface area contributed by atoms with Gasteiger partial charge in [-0.1, -0.05) is 61.5 Å². The van der Waals surface area contributed by atoms with Gasteiger partial charge < -0.3 is 70.3 Å². The van der Waals surface area contributed by atoms with Crippen molar-refractivity contribution in [2.45, 2.75) is 182 Å². The Morgan fingerprint density at radius 2 is 1.02 bits per heavy atom. The Morgan fingerprint density at radius 3 is 1.43 bits per heavy atom. The van der Waals surface area contributed by atoms with E-state index < -0.39 is 191 Å². The number of nitrogens with one attached hydrogen (secondary N) is 4. The van der Waals surface area contributed by atoms with Crippen molar-refractivity contribution in [2.24, 2.45) is 23.7 Å². The second-order valence-electron chi connectivity index (χ2n) is 26.3. The van der Waals surface area contributed by atoms with E-state index >= 15 is 9.59 Å². The number of esters is 2. The van der Waals surface area contributed by atoms with Crippen molar-refractivity contribution in [2.75, 3.05) is 60.1 Å². The lowest BCUT2D eigenvalue weighted by Gasteiger charge is -2.40. The topological polar surface area (TPSA) is 360 Å². The van der Waals surface area contributed by atoms with Crippen LogP contribution >= 0.6 is 0 Å². The van der Waals surface area contributed by atoms with Crippen LogP contribution in [-0.2, 0) is 57.4 Å². The third-order valence-electron chi connectivity index (χ3n) is 18.0. The number of fused-ring (bicyclic) bond motifs is 4. The van der Waals surface area contributed by atoms with E-state index in [-0.39, 0.29) is 53.9 Å². The number of benzene rings is 2. The summed E-state index contributed by atoms with van der Waals surface area (Å²) in [5.74, 6) is -12.3. The number of rotatable bonds is 8. The molecule has 6 unspecified atom stereocenters. The number of nitrogens with two attached hydrogens (primary N) is 1. The van der Waals surface area contributed by atoms with E-state index in [2.05, 4.69) is 21.3 Å². The predicted molar refractivity (Wildman–Crippen MR) is 335 cm³/mol. The van der Waals surface area contributed by atoms with Crippen molar-refractivity contribution in [1.29, 1.82) is 0 Å². The highest BCUT2D eigenvalue weighted by molar-refractivity contribution is 6.10. The molecule has 0 radical (unpaired) electrons. The van der Waals surface area contributed by atoms with Crippen LogP contribution < -0.4 is 32.4 Å². The largest absolute Gasteiger partial charge is 0.458 e. The fourth-order valence-corrected chi connectivity index (χ4v) is 12.6. The minimum Gasteiger partial charge on any atom is -0.458 e. The summed E-state index contributed by atoms with van der Waals surface area (Å²) in [5, 5.41) is 10.8. The minimum atomic E-state index is -1.89. The first kappa shape index (κ1) is 70.7. The molecule has 6 aliphatic rings. The van der Waals surface area contributed by atoms with Gasteiger partial charge in [-0.25, -0.2) is 14.6 Å². The zero-order chi connectivity index (χ0) is 68.4. The Kier molecular flexibility index (Phi) is 22.2. The molecular weight excluding hydrogens is 1190 g/mol. The number of hydrogen-bond donors (Lipinski definition) is 5. The number of anilines is 1. The van der Waals surface area contributed by atoms with Gasteiger partial charge in [0.15, 0.2) is 11.3 Å². The molecule has 1 aromatic carbocycles. The normalized spacial score (nSPS) is 26.2. The molecule has 502 valence electrons. The fourth-order valence-electron chi connectivity index (χ4n) is 12.6. The molecule has 28 heteroatoms. The maximum absolute atomic E-state index is 15.2. The fraction of sp³-hybridized carbons (Fsp3) is 0.625. The molecular formula is C64H90N12O16. The third-order valence-corrected chi connectivity index (χ3v) is 18.0. The summed E-state index contributed by atoms with van der Waals surface area (Å²) in [5.41, 5.74) is 3.60. The van der Waals surface area contributed by atoms with Crippen LogP contribution in [0, 0.1) is 37.5 Å². The molecule has 10 amide bonds. The van der Waals surface area contributed by atoms with E-state index in [0.29, 0.717) is 31.2 Å². The highest BCUT2D eigenvalue weighted by Crippen LogP contribution is 2.35. The smallest absolute Gasteiger partial charge is 0.329 e. The Bertz CT molecular complexity index is 3450. The van der Waals surface area contributed by atoms with Gasteiger partial charge in [0.1, 0.15) is 71.8 Å². The van der Waals surface area contributed by atoms with Crippen molar-refractivity contribution in [3.05, 3.63) is 44.6 Å². The van der Waals surface area contributed by atoms with Crippen LogP contribution in [0.2, 0.25) is 0 Å². The second-order valence-corrected chi connectivity index (χ2v) is 26.3. The van der Waals surface area contributed by atoms with Gasteiger partial charge in [-0.15, -0.1) is 0 Å². The lowest BCUT2D eigenvalue weighted by atomic mass is 9.95.